The summed E-state index contributed by atoms with van der Waals surface area (Å²) in [7, 11) is -3.17. The molecular weight excluding hydrogens is 358 g/mol. The molecule has 8 nitrogen and oxygen atoms in total. The fraction of sp³-hybridized carbons (Fsp3) is 0.706. The standard InChI is InChI=1S/C17H27N3O5S/c1-26(22,23)20-6-4-14(5-7-20)17(21)18-13-15(16-3-2-10-25-16)19-8-11-24-12-9-19/h2-3,10,14-15H,4-9,11-13H2,1H3,(H,18,21). The van der Waals surface area contributed by atoms with Crippen LogP contribution in [-0.4, -0.2) is 75.7 Å². The Labute approximate surface area is 154 Å². The van der Waals surface area contributed by atoms with Gasteiger partial charge in [-0.3, -0.25) is 9.69 Å². The van der Waals surface area contributed by atoms with E-state index in [0.29, 0.717) is 45.7 Å². The van der Waals surface area contributed by atoms with Gasteiger partial charge in [-0.1, -0.05) is 0 Å². The van der Waals surface area contributed by atoms with E-state index in [-0.39, 0.29) is 17.9 Å². The number of sulfonamides is 1. The topological polar surface area (TPSA) is 92.1 Å². The van der Waals surface area contributed by atoms with Gasteiger partial charge < -0.3 is 14.5 Å². The molecule has 2 aliphatic heterocycles. The molecule has 0 radical (unpaired) electrons. The highest BCUT2D eigenvalue weighted by molar-refractivity contribution is 7.88. The van der Waals surface area contributed by atoms with E-state index < -0.39 is 10.0 Å². The summed E-state index contributed by atoms with van der Waals surface area (Å²) in [6.45, 7) is 4.23. The maximum Gasteiger partial charge on any atom is 0.223 e. The zero-order valence-electron chi connectivity index (χ0n) is 15.1. The van der Waals surface area contributed by atoms with Crippen molar-refractivity contribution in [3.63, 3.8) is 0 Å². The molecule has 0 spiro atoms. The zero-order chi connectivity index (χ0) is 18.6. The van der Waals surface area contributed by atoms with Gasteiger partial charge in [0.25, 0.3) is 0 Å². The Hall–Kier alpha value is -1.42. The van der Waals surface area contributed by atoms with Crippen LogP contribution in [0.5, 0.6) is 0 Å². The summed E-state index contributed by atoms with van der Waals surface area (Å²) in [4.78, 5) is 14.8. The number of carbonyl (C=O) groups is 1. The SMILES string of the molecule is CS(=O)(=O)N1CCC(C(=O)NCC(c2ccco2)N2CCOCC2)CC1. The van der Waals surface area contributed by atoms with Gasteiger partial charge >= 0.3 is 0 Å². The van der Waals surface area contributed by atoms with E-state index in [1.807, 2.05) is 12.1 Å². The lowest BCUT2D eigenvalue weighted by molar-refractivity contribution is -0.126. The highest BCUT2D eigenvalue weighted by Gasteiger charge is 2.30. The Morgan fingerprint density at radius 1 is 1.27 bits per heavy atom. The fourth-order valence-electron chi connectivity index (χ4n) is 3.57. The van der Waals surface area contributed by atoms with E-state index in [4.69, 9.17) is 9.15 Å². The first kappa shape index (κ1) is 19.3. The first-order valence-electron chi connectivity index (χ1n) is 9.03. The van der Waals surface area contributed by atoms with Gasteiger partial charge in [0.15, 0.2) is 0 Å². The third-order valence-electron chi connectivity index (χ3n) is 5.12. The molecule has 0 saturated carbocycles. The first-order chi connectivity index (χ1) is 12.4. The summed E-state index contributed by atoms with van der Waals surface area (Å²) in [5.74, 6) is 0.678. The first-order valence-corrected chi connectivity index (χ1v) is 10.9. The largest absolute Gasteiger partial charge is 0.468 e. The van der Waals surface area contributed by atoms with Crippen molar-refractivity contribution in [1.29, 1.82) is 0 Å². The van der Waals surface area contributed by atoms with Crippen LogP contribution in [0.4, 0.5) is 0 Å². The van der Waals surface area contributed by atoms with Crippen LogP contribution in [0.15, 0.2) is 22.8 Å². The zero-order valence-corrected chi connectivity index (χ0v) is 15.9. The summed E-state index contributed by atoms with van der Waals surface area (Å²) in [6, 6.07) is 3.76. The van der Waals surface area contributed by atoms with E-state index in [1.54, 1.807) is 6.26 Å². The fourth-order valence-corrected chi connectivity index (χ4v) is 4.45. The minimum Gasteiger partial charge on any atom is -0.468 e. The minimum absolute atomic E-state index is 0.0111. The second-order valence-electron chi connectivity index (χ2n) is 6.86. The lowest BCUT2D eigenvalue weighted by atomic mass is 9.97. The van der Waals surface area contributed by atoms with Gasteiger partial charge in [-0.15, -0.1) is 0 Å². The normalized spacial score (nSPS) is 22.2. The molecule has 0 aliphatic carbocycles. The highest BCUT2D eigenvalue weighted by atomic mass is 32.2. The number of morpholine rings is 1. The number of ether oxygens (including phenoxy) is 1. The van der Waals surface area contributed by atoms with Crippen molar-refractivity contribution in [3.8, 4) is 0 Å². The van der Waals surface area contributed by atoms with Gasteiger partial charge in [0.2, 0.25) is 15.9 Å². The van der Waals surface area contributed by atoms with Crippen molar-refractivity contribution in [3.05, 3.63) is 24.2 Å². The Bertz CT molecular complexity index is 677. The van der Waals surface area contributed by atoms with Gasteiger partial charge in [-0.05, 0) is 25.0 Å². The molecular formula is C17H27N3O5S. The Balaban J connectivity index is 1.55. The second kappa shape index (κ2) is 8.51. The summed E-state index contributed by atoms with van der Waals surface area (Å²) >= 11 is 0. The smallest absolute Gasteiger partial charge is 0.223 e. The van der Waals surface area contributed by atoms with Gasteiger partial charge in [-0.25, -0.2) is 12.7 Å². The van der Waals surface area contributed by atoms with Gasteiger partial charge in [0, 0.05) is 38.6 Å². The summed E-state index contributed by atoms with van der Waals surface area (Å²) in [6.07, 6.45) is 3.97. The number of nitrogens with one attached hydrogen (secondary N) is 1. The quantitative estimate of drug-likeness (QED) is 0.764. The van der Waals surface area contributed by atoms with Crippen LogP contribution in [0.2, 0.25) is 0 Å². The lowest BCUT2D eigenvalue weighted by Crippen LogP contribution is -2.46. The number of amides is 1. The molecule has 0 aromatic carbocycles. The summed E-state index contributed by atoms with van der Waals surface area (Å²) < 4.78 is 35.6. The van der Waals surface area contributed by atoms with Crippen LogP contribution in [0, 0.1) is 5.92 Å². The van der Waals surface area contributed by atoms with E-state index >= 15 is 0 Å². The average molecular weight is 385 g/mol. The highest BCUT2D eigenvalue weighted by Crippen LogP contribution is 2.23. The van der Waals surface area contributed by atoms with Crippen LogP contribution in [0.3, 0.4) is 0 Å². The third-order valence-corrected chi connectivity index (χ3v) is 6.42. The minimum atomic E-state index is -3.17. The second-order valence-corrected chi connectivity index (χ2v) is 8.84. The third kappa shape index (κ3) is 4.85. The number of hydrogen-bond acceptors (Lipinski definition) is 6. The van der Waals surface area contributed by atoms with Gasteiger partial charge in [0.1, 0.15) is 5.76 Å². The van der Waals surface area contributed by atoms with E-state index in [2.05, 4.69) is 10.2 Å². The van der Waals surface area contributed by atoms with E-state index in [1.165, 1.54) is 10.6 Å². The van der Waals surface area contributed by atoms with E-state index in [9.17, 15) is 13.2 Å². The van der Waals surface area contributed by atoms with Crippen LogP contribution < -0.4 is 5.32 Å². The van der Waals surface area contributed by atoms with Crippen molar-refractivity contribution < 1.29 is 22.4 Å². The number of nitrogens with zero attached hydrogens (tertiary/aromatic N) is 2. The maximum absolute atomic E-state index is 12.6. The van der Waals surface area contributed by atoms with Crippen molar-refractivity contribution in [2.75, 3.05) is 52.2 Å². The van der Waals surface area contributed by atoms with Gasteiger partial charge in [0.05, 0.1) is 31.8 Å². The van der Waals surface area contributed by atoms with Crippen LogP contribution in [-0.2, 0) is 19.6 Å². The Morgan fingerprint density at radius 2 is 1.96 bits per heavy atom. The van der Waals surface area contributed by atoms with Gasteiger partial charge in [-0.2, -0.15) is 0 Å². The molecule has 146 valence electrons. The molecule has 1 amide bonds. The molecule has 2 aliphatic rings. The maximum atomic E-state index is 12.6. The van der Waals surface area contributed by atoms with Crippen molar-refractivity contribution in [2.24, 2.45) is 5.92 Å². The Morgan fingerprint density at radius 3 is 2.54 bits per heavy atom. The number of carbonyl (C=O) groups excluding carboxylic acids is 1. The molecule has 1 N–H and O–H groups in total. The molecule has 1 atom stereocenters. The predicted molar refractivity (Wildman–Crippen MR) is 96.0 cm³/mol. The number of hydrogen-bond donors (Lipinski definition) is 1. The van der Waals surface area contributed by atoms with E-state index in [0.717, 1.165) is 18.8 Å². The molecule has 26 heavy (non-hydrogen) atoms. The monoisotopic (exact) mass is 385 g/mol. The molecule has 3 rings (SSSR count). The van der Waals surface area contributed by atoms with Crippen LogP contribution >= 0.6 is 0 Å². The van der Waals surface area contributed by atoms with Crippen molar-refractivity contribution in [2.45, 2.75) is 18.9 Å². The predicted octanol–water partition coefficient (Wildman–Crippen LogP) is 0.441. The molecule has 2 fully saturated rings. The molecule has 1 aromatic rings. The van der Waals surface area contributed by atoms with Crippen molar-refractivity contribution >= 4 is 15.9 Å². The molecule has 9 heteroatoms. The molecule has 1 unspecified atom stereocenters. The van der Waals surface area contributed by atoms with Crippen LogP contribution in [0.1, 0.15) is 24.6 Å². The van der Waals surface area contributed by atoms with Crippen LogP contribution in [0.25, 0.3) is 0 Å². The molecule has 0 bridgehead atoms. The molecule has 3 heterocycles. The lowest BCUT2D eigenvalue weighted by Gasteiger charge is -2.34. The summed E-state index contributed by atoms with van der Waals surface area (Å²) in [5.41, 5.74) is 0. The molecule has 2 saturated heterocycles. The van der Waals surface area contributed by atoms with Crippen molar-refractivity contribution in [1.82, 2.24) is 14.5 Å². The number of piperidine rings is 1. The Kier molecular flexibility index (Phi) is 6.33. The number of furan rings is 1. The molecule has 1 aromatic heterocycles. The average Bonchev–Trinajstić information content (AvgIpc) is 3.16. The number of rotatable bonds is 6. The summed E-state index contributed by atoms with van der Waals surface area (Å²) in [5, 5.41) is 3.04.